The summed E-state index contributed by atoms with van der Waals surface area (Å²) in [6.07, 6.45) is 4.15. The molecule has 0 N–H and O–H groups in total. The monoisotopic (exact) mass is 356 g/mol. The third-order valence-electron chi connectivity index (χ3n) is 2.94. The molecule has 1 heterocycles. The van der Waals surface area contributed by atoms with Gasteiger partial charge in [0.25, 0.3) is 10.1 Å². The van der Waals surface area contributed by atoms with E-state index in [-0.39, 0.29) is 19.5 Å². The van der Waals surface area contributed by atoms with Gasteiger partial charge in [0.05, 0.1) is 59.1 Å². The second-order valence-electron chi connectivity index (χ2n) is 5.03. The average molecular weight is 356 g/mol. The van der Waals surface area contributed by atoms with Crippen molar-refractivity contribution < 1.29 is 36.3 Å². The second-order valence-corrected chi connectivity index (χ2v) is 6.67. The average Bonchev–Trinajstić information content (AvgIpc) is 2.52. The van der Waals surface area contributed by atoms with Gasteiger partial charge in [-0.05, 0) is 19.3 Å². The van der Waals surface area contributed by atoms with E-state index in [1.54, 1.807) is 0 Å². The number of rotatable bonds is 14. The molecule has 9 heteroatoms. The van der Waals surface area contributed by atoms with Crippen molar-refractivity contribution in [1.82, 2.24) is 0 Å². The Morgan fingerprint density at radius 1 is 0.870 bits per heavy atom. The minimum Gasteiger partial charge on any atom is -0.377 e. The van der Waals surface area contributed by atoms with Crippen molar-refractivity contribution in [3.8, 4) is 0 Å². The zero-order valence-corrected chi connectivity index (χ0v) is 14.6. The first-order chi connectivity index (χ1) is 11.1. The summed E-state index contributed by atoms with van der Waals surface area (Å²) in [5.74, 6) is 0. The van der Waals surface area contributed by atoms with E-state index in [0.29, 0.717) is 39.6 Å². The molecule has 0 aromatic rings. The van der Waals surface area contributed by atoms with Crippen LogP contribution in [0, 0.1) is 0 Å². The second kappa shape index (κ2) is 13.1. The van der Waals surface area contributed by atoms with Crippen LogP contribution in [0.15, 0.2) is 0 Å². The summed E-state index contributed by atoms with van der Waals surface area (Å²) in [6, 6.07) is 0. The molecule has 0 radical (unpaired) electrons. The predicted octanol–water partition coefficient (Wildman–Crippen LogP) is 0.556. The van der Waals surface area contributed by atoms with E-state index < -0.39 is 10.1 Å². The van der Waals surface area contributed by atoms with Crippen LogP contribution in [0.5, 0.6) is 0 Å². The fraction of sp³-hybridized carbons (Fsp3) is 1.00. The summed E-state index contributed by atoms with van der Waals surface area (Å²) in [5, 5.41) is 0. The van der Waals surface area contributed by atoms with E-state index in [9.17, 15) is 8.42 Å². The molecule has 0 bridgehead atoms. The van der Waals surface area contributed by atoms with Gasteiger partial charge in [0, 0.05) is 6.61 Å². The molecule has 0 amide bonds. The van der Waals surface area contributed by atoms with Crippen LogP contribution in [0.4, 0.5) is 0 Å². The fourth-order valence-electron chi connectivity index (χ4n) is 1.87. The molecule has 1 unspecified atom stereocenters. The molecule has 0 spiro atoms. The zero-order chi connectivity index (χ0) is 16.8. The molecule has 1 saturated heterocycles. The van der Waals surface area contributed by atoms with Gasteiger partial charge in [0.15, 0.2) is 6.29 Å². The molecule has 1 aliphatic heterocycles. The van der Waals surface area contributed by atoms with Gasteiger partial charge in [-0.25, -0.2) is 0 Å². The van der Waals surface area contributed by atoms with Gasteiger partial charge in [-0.2, -0.15) is 8.42 Å². The van der Waals surface area contributed by atoms with Gasteiger partial charge in [-0.15, -0.1) is 0 Å². The van der Waals surface area contributed by atoms with E-state index in [1.165, 1.54) is 0 Å². The Labute approximate surface area is 138 Å². The van der Waals surface area contributed by atoms with Gasteiger partial charge in [-0.1, -0.05) is 0 Å². The van der Waals surface area contributed by atoms with Gasteiger partial charge in [0.1, 0.15) is 0 Å². The molecule has 8 nitrogen and oxygen atoms in total. The fourth-order valence-corrected chi connectivity index (χ4v) is 2.24. The highest BCUT2D eigenvalue weighted by Gasteiger charge is 2.13. The standard InChI is InChI=1S/C14H28O8S/c1-23(15,16)22-13-11-19-9-7-17-6-8-18-10-12-21-14-4-2-3-5-20-14/h14H,2-13H2,1H3. The molecule has 1 aliphatic rings. The van der Waals surface area contributed by atoms with Crippen LogP contribution < -0.4 is 0 Å². The third-order valence-corrected chi connectivity index (χ3v) is 3.53. The van der Waals surface area contributed by atoms with Crippen LogP contribution in [0.2, 0.25) is 0 Å². The lowest BCUT2D eigenvalue weighted by Crippen LogP contribution is -2.24. The Kier molecular flexibility index (Phi) is 11.8. The van der Waals surface area contributed by atoms with Crippen molar-refractivity contribution >= 4 is 10.1 Å². The Balaban J connectivity index is 1.73. The molecule has 0 aromatic heterocycles. The maximum absolute atomic E-state index is 10.7. The van der Waals surface area contributed by atoms with Crippen LogP contribution in [-0.2, 0) is 38.0 Å². The molecule has 0 aliphatic carbocycles. The number of hydrogen-bond acceptors (Lipinski definition) is 8. The summed E-state index contributed by atoms with van der Waals surface area (Å²) in [4.78, 5) is 0. The lowest BCUT2D eigenvalue weighted by atomic mass is 10.2. The van der Waals surface area contributed by atoms with Gasteiger partial charge < -0.3 is 23.7 Å². The zero-order valence-electron chi connectivity index (χ0n) is 13.7. The van der Waals surface area contributed by atoms with Gasteiger partial charge in [0.2, 0.25) is 0 Å². The van der Waals surface area contributed by atoms with Crippen molar-refractivity contribution in [1.29, 1.82) is 0 Å². The van der Waals surface area contributed by atoms with Gasteiger partial charge >= 0.3 is 0 Å². The summed E-state index contributed by atoms with van der Waals surface area (Å²) < 4.78 is 52.7. The Bertz CT molecular complexity index is 367. The molecule has 0 saturated carbocycles. The van der Waals surface area contributed by atoms with Gasteiger partial charge in [-0.3, -0.25) is 4.18 Å². The molecule has 1 rings (SSSR count). The summed E-state index contributed by atoms with van der Waals surface area (Å²) >= 11 is 0. The number of ether oxygens (including phenoxy) is 5. The minimum absolute atomic E-state index is 0.0205. The lowest BCUT2D eigenvalue weighted by molar-refractivity contribution is -0.169. The van der Waals surface area contributed by atoms with E-state index in [0.717, 1.165) is 32.1 Å². The van der Waals surface area contributed by atoms with Crippen LogP contribution in [0.25, 0.3) is 0 Å². The van der Waals surface area contributed by atoms with Crippen LogP contribution >= 0.6 is 0 Å². The first kappa shape index (κ1) is 20.8. The van der Waals surface area contributed by atoms with Crippen molar-refractivity contribution in [3.05, 3.63) is 0 Å². The third kappa shape index (κ3) is 13.8. The molecule has 1 atom stereocenters. The van der Waals surface area contributed by atoms with Crippen molar-refractivity contribution in [3.63, 3.8) is 0 Å². The molecular formula is C14H28O8S. The molecule has 0 aromatic carbocycles. The normalized spacial score (nSPS) is 19.1. The topological polar surface area (TPSA) is 89.5 Å². The smallest absolute Gasteiger partial charge is 0.264 e. The number of hydrogen-bond donors (Lipinski definition) is 0. The maximum Gasteiger partial charge on any atom is 0.264 e. The molecule has 23 heavy (non-hydrogen) atoms. The Morgan fingerprint density at radius 3 is 1.96 bits per heavy atom. The van der Waals surface area contributed by atoms with E-state index in [1.807, 2.05) is 0 Å². The Hall–Kier alpha value is -0.290. The molecule has 1 fully saturated rings. The summed E-state index contributed by atoms with van der Waals surface area (Å²) in [7, 11) is -3.39. The van der Waals surface area contributed by atoms with Crippen molar-refractivity contribution in [2.75, 3.05) is 65.7 Å². The van der Waals surface area contributed by atoms with Crippen LogP contribution in [0.1, 0.15) is 19.3 Å². The predicted molar refractivity (Wildman–Crippen MR) is 82.8 cm³/mol. The molecular weight excluding hydrogens is 328 g/mol. The first-order valence-corrected chi connectivity index (χ1v) is 9.70. The Morgan fingerprint density at radius 2 is 1.43 bits per heavy atom. The quantitative estimate of drug-likeness (QED) is 0.329. The summed E-state index contributed by atoms with van der Waals surface area (Å²) in [5.41, 5.74) is 0. The minimum atomic E-state index is -3.39. The highest BCUT2D eigenvalue weighted by molar-refractivity contribution is 7.85. The molecule has 138 valence electrons. The maximum atomic E-state index is 10.7. The van der Waals surface area contributed by atoms with Crippen molar-refractivity contribution in [2.45, 2.75) is 25.6 Å². The highest BCUT2D eigenvalue weighted by atomic mass is 32.2. The van der Waals surface area contributed by atoms with Crippen LogP contribution in [0.3, 0.4) is 0 Å². The van der Waals surface area contributed by atoms with E-state index in [4.69, 9.17) is 23.7 Å². The first-order valence-electron chi connectivity index (χ1n) is 7.89. The largest absolute Gasteiger partial charge is 0.377 e. The highest BCUT2D eigenvalue weighted by Crippen LogP contribution is 2.13. The lowest BCUT2D eigenvalue weighted by Gasteiger charge is -2.22. The van der Waals surface area contributed by atoms with Crippen molar-refractivity contribution in [2.24, 2.45) is 0 Å². The SMILES string of the molecule is CS(=O)(=O)OCCOCCOCCOCCOC1CCCCO1. The van der Waals surface area contributed by atoms with Crippen LogP contribution in [-0.4, -0.2) is 80.4 Å². The summed E-state index contributed by atoms with van der Waals surface area (Å²) in [6.45, 7) is 3.83. The van der Waals surface area contributed by atoms with E-state index in [2.05, 4.69) is 4.18 Å². The van der Waals surface area contributed by atoms with E-state index >= 15 is 0 Å².